The molecule has 2 rings (SSSR count). The summed E-state index contributed by atoms with van der Waals surface area (Å²) in [5, 5.41) is 3.81. The van der Waals surface area contributed by atoms with Crippen LogP contribution in [0.2, 0.25) is 0 Å². The van der Waals surface area contributed by atoms with E-state index in [0.717, 1.165) is 23.8 Å². The zero-order chi connectivity index (χ0) is 13.7. The molecule has 1 saturated heterocycles. The van der Waals surface area contributed by atoms with E-state index in [4.69, 9.17) is 0 Å². The molecule has 1 atom stereocenters. The molecule has 0 amide bonds. The number of nitrogens with one attached hydrogen (secondary N) is 1. The first-order valence-electron chi connectivity index (χ1n) is 8.57. The van der Waals surface area contributed by atoms with Crippen LogP contribution in [0.15, 0.2) is 0 Å². The lowest BCUT2D eigenvalue weighted by Crippen LogP contribution is -2.41. The van der Waals surface area contributed by atoms with E-state index in [1.165, 1.54) is 64.6 Å². The number of nitrogens with zero attached hydrogens (tertiary/aromatic N) is 1. The summed E-state index contributed by atoms with van der Waals surface area (Å²) in [5.74, 6) is 2.90. The Kier molecular flexibility index (Phi) is 6.15. The lowest BCUT2D eigenvalue weighted by atomic mass is 9.81. The predicted molar refractivity (Wildman–Crippen MR) is 83.4 cm³/mol. The summed E-state index contributed by atoms with van der Waals surface area (Å²) in [6, 6.07) is 0.719. The summed E-state index contributed by atoms with van der Waals surface area (Å²) in [6.45, 7) is 8.64. The highest BCUT2D eigenvalue weighted by atomic mass is 15.1. The van der Waals surface area contributed by atoms with Crippen molar-refractivity contribution >= 4 is 0 Å². The smallest absolute Gasteiger partial charge is 0.00679 e. The molecule has 1 aliphatic heterocycles. The van der Waals surface area contributed by atoms with Gasteiger partial charge in [-0.15, -0.1) is 0 Å². The summed E-state index contributed by atoms with van der Waals surface area (Å²) in [4.78, 5) is 2.46. The van der Waals surface area contributed by atoms with Crippen LogP contribution in [-0.2, 0) is 0 Å². The van der Waals surface area contributed by atoms with E-state index in [1.807, 2.05) is 0 Å². The first kappa shape index (κ1) is 15.3. The van der Waals surface area contributed by atoms with E-state index >= 15 is 0 Å². The summed E-state index contributed by atoms with van der Waals surface area (Å²) in [5.41, 5.74) is 0. The van der Waals surface area contributed by atoms with Crippen molar-refractivity contribution in [3.8, 4) is 0 Å². The first-order chi connectivity index (χ1) is 9.15. The van der Waals surface area contributed by atoms with Crippen molar-refractivity contribution in [2.24, 2.45) is 17.8 Å². The molecule has 1 aliphatic carbocycles. The maximum absolute atomic E-state index is 3.81. The minimum atomic E-state index is 0.719. The Balaban J connectivity index is 1.57. The topological polar surface area (TPSA) is 15.3 Å². The standard InChI is InChI=1S/C17H34N2/c1-14-4-6-16(7-5-14)8-11-18-15(2)17-9-12-19(3)13-10-17/h14-18H,4-13H2,1-3H3. The fourth-order valence-electron chi connectivity index (χ4n) is 3.83. The van der Waals surface area contributed by atoms with E-state index in [9.17, 15) is 0 Å². The second-order valence-electron chi connectivity index (χ2n) is 7.30. The number of piperidine rings is 1. The van der Waals surface area contributed by atoms with E-state index in [0.29, 0.717) is 0 Å². The number of hydrogen-bond donors (Lipinski definition) is 1. The molecule has 112 valence electrons. The van der Waals surface area contributed by atoms with E-state index in [-0.39, 0.29) is 0 Å². The van der Waals surface area contributed by atoms with Gasteiger partial charge in [-0.05, 0) is 70.6 Å². The van der Waals surface area contributed by atoms with Crippen molar-refractivity contribution in [1.82, 2.24) is 10.2 Å². The van der Waals surface area contributed by atoms with E-state index < -0.39 is 0 Å². The summed E-state index contributed by atoms with van der Waals surface area (Å²) in [6.07, 6.45) is 10.1. The second-order valence-corrected chi connectivity index (χ2v) is 7.30. The van der Waals surface area contributed by atoms with Gasteiger partial charge in [0.2, 0.25) is 0 Å². The molecule has 0 aromatic heterocycles. The van der Waals surface area contributed by atoms with Crippen LogP contribution in [-0.4, -0.2) is 37.6 Å². The van der Waals surface area contributed by atoms with Crippen molar-refractivity contribution < 1.29 is 0 Å². The highest BCUT2D eigenvalue weighted by Gasteiger charge is 2.22. The van der Waals surface area contributed by atoms with Gasteiger partial charge in [0, 0.05) is 6.04 Å². The van der Waals surface area contributed by atoms with E-state index in [2.05, 4.69) is 31.1 Å². The molecule has 1 N–H and O–H groups in total. The molecule has 1 heterocycles. The Morgan fingerprint density at radius 2 is 1.68 bits per heavy atom. The van der Waals surface area contributed by atoms with Gasteiger partial charge in [-0.25, -0.2) is 0 Å². The number of rotatable bonds is 5. The molecule has 2 aliphatic rings. The molecule has 0 radical (unpaired) electrons. The molecule has 0 spiro atoms. The molecule has 0 aromatic rings. The van der Waals surface area contributed by atoms with Gasteiger partial charge in [-0.2, -0.15) is 0 Å². The van der Waals surface area contributed by atoms with Gasteiger partial charge in [-0.3, -0.25) is 0 Å². The third kappa shape index (κ3) is 5.07. The Bertz CT molecular complexity index is 238. The van der Waals surface area contributed by atoms with Gasteiger partial charge in [0.05, 0.1) is 0 Å². The van der Waals surface area contributed by atoms with E-state index in [1.54, 1.807) is 0 Å². The zero-order valence-corrected chi connectivity index (χ0v) is 13.3. The summed E-state index contributed by atoms with van der Waals surface area (Å²) in [7, 11) is 2.25. The molecule has 19 heavy (non-hydrogen) atoms. The van der Waals surface area contributed by atoms with Crippen LogP contribution in [0, 0.1) is 17.8 Å². The number of likely N-dealkylation sites (tertiary alicyclic amines) is 1. The van der Waals surface area contributed by atoms with Crippen LogP contribution < -0.4 is 5.32 Å². The van der Waals surface area contributed by atoms with Gasteiger partial charge in [0.25, 0.3) is 0 Å². The number of hydrogen-bond acceptors (Lipinski definition) is 2. The summed E-state index contributed by atoms with van der Waals surface area (Å²) < 4.78 is 0. The largest absolute Gasteiger partial charge is 0.314 e. The molecule has 1 unspecified atom stereocenters. The third-order valence-electron chi connectivity index (χ3n) is 5.62. The molecule has 0 aromatic carbocycles. The Labute approximate surface area is 120 Å². The Hall–Kier alpha value is -0.0800. The Morgan fingerprint density at radius 1 is 1.05 bits per heavy atom. The van der Waals surface area contributed by atoms with Gasteiger partial charge in [0.1, 0.15) is 0 Å². The van der Waals surface area contributed by atoms with Crippen LogP contribution in [0.5, 0.6) is 0 Å². The maximum atomic E-state index is 3.81. The van der Waals surface area contributed by atoms with Gasteiger partial charge in [0.15, 0.2) is 0 Å². The van der Waals surface area contributed by atoms with Crippen LogP contribution in [0.25, 0.3) is 0 Å². The lowest BCUT2D eigenvalue weighted by Gasteiger charge is -2.33. The average molecular weight is 266 g/mol. The van der Waals surface area contributed by atoms with Gasteiger partial charge >= 0.3 is 0 Å². The highest BCUT2D eigenvalue weighted by molar-refractivity contribution is 4.79. The van der Waals surface area contributed by atoms with Gasteiger partial charge in [-0.1, -0.05) is 32.6 Å². The molecular formula is C17H34N2. The highest BCUT2D eigenvalue weighted by Crippen LogP contribution is 2.30. The first-order valence-corrected chi connectivity index (χ1v) is 8.57. The van der Waals surface area contributed by atoms with Crippen molar-refractivity contribution in [3.05, 3.63) is 0 Å². The fraction of sp³-hybridized carbons (Fsp3) is 1.00. The minimum Gasteiger partial charge on any atom is -0.314 e. The molecule has 0 bridgehead atoms. The van der Waals surface area contributed by atoms with Crippen molar-refractivity contribution in [2.45, 2.75) is 64.8 Å². The van der Waals surface area contributed by atoms with Crippen molar-refractivity contribution in [2.75, 3.05) is 26.7 Å². The predicted octanol–water partition coefficient (Wildman–Crippen LogP) is 3.52. The minimum absolute atomic E-state index is 0.719. The van der Waals surface area contributed by atoms with Crippen LogP contribution in [0.3, 0.4) is 0 Å². The third-order valence-corrected chi connectivity index (χ3v) is 5.62. The molecular weight excluding hydrogens is 232 g/mol. The molecule has 2 heteroatoms. The molecule has 2 nitrogen and oxygen atoms in total. The SMILES string of the molecule is CC1CCC(CCNC(C)C2CCN(C)CC2)CC1. The quantitative estimate of drug-likeness (QED) is 0.819. The van der Waals surface area contributed by atoms with Crippen molar-refractivity contribution in [3.63, 3.8) is 0 Å². The van der Waals surface area contributed by atoms with Crippen LogP contribution in [0.4, 0.5) is 0 Å². The molecule has 1 saturated carbocycles. The zero-order valence-electron chi connectivity index (χ0n) is 13.3. The van der Waals surface area contributed by atoms with Crippen LogP contribution >= 0.6 is 0 Å². The average Bonchev–Trinajstić information content (AvgIpc) is 2.41. The lowest BCUT2D eigenvalue weighted by molar-refractivity contribution is 0.187. The van der Waals surface area contributed by atoms with Crippen LogP contribution in [0.1, 0.15) is 58.8 Å². The van der Waals surface area contributed by atoms with Gasteiger partial charge < -0.3 is 10.2 Å². The maximum Gasteiger partial charge on any atom is 0.00679 e. The second kappa shape index (κ2) is 7.64. The Morgan fingerprint density at radius 3 is 2.32 bits per heavy atom. The summed E-state index contributed by atoms with van der Waals surface area (Å²) >= 11 is 0. The van der Waals surface area contributed by atoms with Crippen molar-refractivity contribution in [1.29, 1.82) is 0 Å². The normalized spacial score (nSPS) is 32.4. The monoisotopic (exact) mass is 266 g/mol. The fourth-order valence-corrected chi connectivity index (χ4v) is 3.83. The molecule has 2 fully saturated rings.